The molecule has 1 saturated heterocycles. The van der Waals surface area contributed by atoms with E-state index in [-0.39, 0.29) is 18.4 Å². The van der Waals surface area contributed by atoms with E-state index in [1.807, 2.05) is 18.2 Å². The number of amides is 1. The Hall–Kier alpha value is -2.21. The standard InChI is InChI=1S/C15H17N3O3/c1-20-10-14-16-13(17-21-14)9-18-8-12(7-15(18)19)11-5-3-2-4-6-11/h2-6,12H,7-10H2,1H3/t12-/m1/s1. The highest BCUT2D eigenvalue weighted by Crippen LogP contribution is 2.28. The van der Waals surface area contributed by atoms with Crippen LogP contribution >= 0.6 is 0 Å². The summed E-state index contributed by atoms with van der Waals surface area (Å²) in [7, 11) is 1.57. The molecule has 0 radical (unpaired) electrons. The second kappa shape index (κ2) is 6.05. The number of nitrogens with zero attached hydrogens (tertiary/aromatic N) is 3. The fourth-order valence-electron chi connectivity index (χ4n) is 2.58. The molecule has 0 spiro atoms. The SMILES string of the molecule is COCc1nc(CN2C[C@H](c3ccccc3)CC2=O)no1. The summed E-state index contributed by atoms with van der Waals surface area (Å²) < 4.78 is 9.97. The van der Waals surface area contributed by atoms with Gasteiger partial charge in [-0.1, -0.05) is 35.5 Å². The number of methoxy groups -OCH3 is 1. The second-order valence-corrected chi connectivity index (χ2v) is 5.12. The normalized spacial score (nSPS) is 18.4. The highest BCUT2D eigenvalue weighted by Gasteiger charge is 2.31. The van der Waals surface area contributed by atoms with Crippen LogP contribution in [0.1, 0.15) is 29.6 Å². The van der Waals surface area contributed by atoms with Crippen molar-refractivity contribution in [2.75, 3.05) is 13.7 Å². The van der Waals surface area contributed by atoms with Crippen LogP contribution in [-0.4, -0.2) is 34.6 Å². The van der Waals surface area contributed by atoms with E-state index >= 15 is 0 Å². The lowest BCUT2D eigenvalue weighted by atomic mass is 9.99. The van der Waals surface area contributed by atoms with Crippen molar-refractivity contribution < 1.29 is 14.1 Å². The average Bonchev–Trinajstić information content (AvgIpc) is 3.08. The zero-order valence-corrected chi connectivity index (χ0v) is 11.9. The van der Waals surface area contributed by atoms with Crippen LogP contribution in [0.15, 0.2) is 34.9 Å². The second-order valence-electron chi connectivity index (χ2n) is 5.12. The summed E-state index contributed by atoms with van der Waals surface area (Å²) in [4.78, 5) is 18.1. The molecule has 1 aliphatic rings. The van der Waals surface area contributed by atoms with Crippen molar-refractivity contribution in [2.24, 2.45) is 0 Å². The van der Waals surface area contributed by atoms with Gasteiger partial charge in [-0.3, -0.25) is 4.79 Å². The molecule has 1 fully saturated rings. The van der Waals surface area contributed by atoms with E-state index in [0.29, 0.717) is 31.2 Å². The molecule has 0 bridgehead atoms. The molecular formula is C15H17N3O3. The predicted molar refractivity (Wildman–Crippen MR) is 74.2 cm³/mol. The Morgan fingerprint density at radius 3 is 2.95 bits per heavy atom. The van der Waals surface area contributed by atoms with Crippen molar-refractivity contribution >= 4 is 5.91 Å². The third-order valence-corrected chi connectivity index (χ3v) is 3.60. The van der Waals surface area contributed by atoms with E-state index in [2.05, 4.69) is 22.3 Å². The number of ether oxygens (including phenoxy) is 1. The maximum absolute atomic E-state index is 12.1. The molecule has 1 atom stereocenters. The molecule has 0 aliphatic carbocycles. The van der Waals surface area contributed by atoms with Gasteiger partial charge in [-0.2, -0.15) is 4.98 Å². The van der Waals surface area contributed by atoms with Crippen LogP contribution in [0.3, 0.4) is 0 Å². The maximum Gasteiger partial charge on any atom is 0.252 e. The van der Waals surface area contributed by atoms with Gasteiger partial charge in [0.15, 0.2) is 5.82 Å². The van der Waals surface area contributed by atoms with Crippen LogP contribution in [0, 0.1) is 0 Å². The van der Waals surface area contributed by atoms with Gasteiger partial charge in [0.25, 0.3) is 5.89 Å². The zero-order chi connectivity index (χ0) is 14.7. The molecule has 1 aliphatic heterocycles. The topological polar surface area (TPSA) is 68.5 Å². The van der Waals surface area contributed by atoms with Crippen LogP contribution in [0.2, 0.25) is 0 Å². The molecule has 0 unspecified atom stereocenters. The molecule has 0 N–H and O–H groups in total. The molecule has 3 rings (SSSR count). The average molecular weight is 287 g/mol. The summed E-state index contributed by atoms with van der Waals surface area (Å²) in [5.74, 6) is 1.31. The molecular weight excluding hydrogens is 270 g/mol. The number of aromatic nitrogens is 2. The molecule has 6 heteroatoms. The van der Waals surface area contributed by atoms with Gasteiger partial charge in [0.2, 0.25) is 5.91 Å². The van der Waals surface area contributed by atoms with Gasteiger partial charge in [0.1, 0.15) is 6.61 Å². The Balaban J connectivity index is 1.65. The Morgan fingerprint density at radius 2 is 2.19 bits per heavy atom. The lowest BCUT2D eigenvalue weighted by Gasteiger charge is -2.14. The summed E-state index contributed by atoms with van der Waals surface area (Å²) in [6, 6.07) is 10.1. The lowest BCUT2D eigenvalue weighted by molar-refractivity contribution is -0.128. The van der Waals surface area contributed by atoms with Crippen LogP contribution in [0.25, 0.3) is 0 Å². The van der Waals surface area contributed by atoms with Crippen molar-refractivity contribution in [2.45, 2.75) is 25.5 Å². The summed E-state index contributed by atoms with van der Waals surface area (Å²) >= 11 is 0. The molecule has 1 aromatic carbocycles. The minimum absolute atomic E-state index is 0.127. The number of hydrogen-bond donors (Lipinski definition) is 0. The fraction of sp³-hybridized carbons (Fsp3) is 0.400. The molecule has 2 aromatic rings. The van der Waals surface area contributed by atoms with Crippen molar-refractivity contribution in [1.29, 1.82) is 0 Å². The number of carbonyl (C=O) groups is 1. The van der Waals surface area contributed by atoms with Gasteiger partial charge in [0, 0.05) is 26.0 Å². The van der Waals surface area contributed by atoms with Gasteiger partial charge < -0.3 is 14.2 Å². The first kappa shape index (κ1) is 13.8. The van der Waals surface area contributed by atoms with Crippen molar-refractivity contribution in [3.05, 3.63) is 47.6 Å². The Kier molecular flexibility index (Phi) is 3.96. The van der Waals surface area contributed by atoms with Gasteiger partial charge in [-0.25, -0.2) is 0 Å². The van der Waals surface area contributed by atoms with E-state index in [9.17, 15) is 4.79 Å². The quantitative estimate of drug-likeness (QED) is 0.837. The highest BCUT2D eigenvalue weighted by atomic mass is 16.5. The van der Waals surface area contributed by atoms with E-state index < -0.39 is 0 Å². The summed E-state index contributed by atoms with van der Waals surface area (Å²) in [6.45, 7) is 1.36. The molecule has 2 heterocycles. The minimum atomic E-state index is 0.127. The Bertz CT molecular complexity index is 612. The van der Waals surface area contributed by atoms with Gasteiger partial charge >= 0.3 is 0 Å². The summed E-state index contributed by atoms with van der Waals surface area (Å²) in [5.41, 5.74) is 1.20. The van der Waals surface area contributed by atoms with Crippen LogP contribution in [-0.2, 0) is 22.7 Å². The molecule has 21 heavy (non-hydrogen) atoms. The van der Waals surface area contributed by atoms with E-state index in [1.54, 1.807) is 12.0 Å². The van der Waals surface area contributed by atoms with Crippen LogP contribution in [0.4, 0.5) is 0 Å². The van der Waals surface area contributed by atoms with Gasteiger partial charge in [-0.15, -0.1) is 0 Å². The molecule has 6 nitrogen and oxygen atoms in total. The largest absolute Gasteiger partial charge is 0.375 e. The molecule has 110 valence electrons. The van der Waals surface area contributed by atoms with Crippen molar-refractivity contribution in [3.63, 3.8) is 0 Å². The smallest absolute Gasteiger partial charge is 0.252 e. The van der Waals surface area contributed by atoms with Crippen molar-refractivity contribution in [3.8, 4) is 0 Å². The summed E-state index contributed by atoms with van der Waals surface area (Å²) in [6.07, 6.45) is 0.535. The summed E-state index contributed by atoms with van der Waals surface area (Å²) in [5, 5.41) is 3.87. The van der Waals surface area contributed by atoms with Gasteiger partial charge in [-0.05, 0) is 5.56 Å². The fourth-order valence-corrected chi connectivity index (χ4v) is 2.58. The molecule has 1 amide bonds. The first-order chi connectivity index (χ1) is 10.3. The predicted octanol–water partition coefficient (Wildman–Crippen LogP) is 1.73. The number of rotatable bonds is 5. The molecule has 0 saturated carbocycles. The first-order valence-corrected chi connectivity index (χ1v) is 6.89. The van der Waals surface area contributed by atoms with Crippen LogP contribution < -0.4 is 0 Å². The number of carbonyl (C=O) groups excluding carboxylic acids is 1. The number of likely N-dealkylation sites (tertiary alicyclic amines) is 1. The van der Waals surface area contributed by atoms with E-state index in [1.165, 1.54) is 5.56 Å². The maximum atomic E-state index is 12.1. The van der Waals surface area contributed by atoms with E-state index in [4.69, 9.17) is 9.26 Å². The van der Waals surface area contributed by atoms with E-state index in [0.717, 1.165) is 0 Å². The Labute approximate surface area is 122 Å². The highest BCUT2D eigenvalue weighted by molar-refractivity contribution is 5.79. The third kappa shape index (κ3) is 3.11. The van der Waals surface area contributed by atoms with Crippen LogP contribution in [0.5, 0.6) is 0 Å². The minimum Gasteiger partial charge on any atom is -0.375 e. The third-order valence-electron chi connectivity index (χ3n) is 3.60. The molecule has 1 aromatic heterocycles. The van der Waals surface area contributed by atoms with Gasteiger partial charge in [0.05, 0.1) is 6.54 Å². The zero-order valence-electron chi connectivity index (χ0n) is 11.9. The number of benzene rings is 1. The van der Waals surface area contributed by atoms with Crippen molar-refractivity contribution in [1.82, 2.24) is 15.0 Å². The number of hydrogen-bond acceptors (Lipinski definition) is 5. The lowest BCUT2D eigenvalue weighted by Crippen LogP contribution is -2.25. The first-order valence-electron chi connectivity index (χ1n) is 6.89. The Morgan fingerprint density at radius 1 is 1.38 bits per heavy atom. The monoisotopic (exact) mass is 287 g/mol.